The Labute approximate surface area is 100 Å². The van der Waals surface area contributed by atoms with E-state index >= 15 is 0 Å². The monoisotopic (exact) mass is 228 g/mol. The van der Waals surface area contributed by atoms with E-state index < -0.39 is 0 Å². The third-order valence-electron chi connectivity index (χ3n) is 3.81. The molecule has 0 radical (unpaired) electrons. The Morgan fingerprint density at radius 1 is 1.18 bits per heavy atom. The second-order valence-electron chi connectivity index (χ2n) is 5.28. The molecular formula is C14H16N2O. The van der Waals surface area contributed by atoms with Crippen molar-refractivity contribution >= 4 is 16.8 Å². The van der Waals surface area contributed by atoms with Crippen LogP contribution in [0.15, 0.2) is 22.6 Å². The predicted octanol–water partition coefficient (Wildman–Crippen LogP) is 3.67. The molecule has 17 heavy (non-hydrogen) atoms. The second-order valence-corrected chi connectivity index (χ2v) is 5.28. The van der Waals surface area contributed by atoms with Gasteiger partial charge in [-0.1, -0.05) is 0 Å². The van der Waals surface area contributed by atoms with Crippen molar-refractivity contribution in [3.05, 3.63) is 24.1 Å². The molecular weight excluding hydrogens is 212 g/mol. The fraction of sp³-hybridized carbons (Fsp3) is 0.500. The second kappa shape index (κ2) is 3.49. The number of nitrogens with one attached hydrogen (secondary N) is 1. The lowest BCUT2D eigenvalue weighted by molar-refractivity contribution is 0.445. The summed E-state index contributed by atoms with van der Waals surface area (Å²) < 4.78 is 5.75. The van der Waals surface area contributed by atoms with E-state index in [0.717, 1.165) is 17.0 Å². The van der Waals surface area contributed by atoms with Crippen molar-refractivity contribution in [1.29, 1.82) is 0 Å². The molecule has 2 fully saturated rings. The molecule has 88 valence electrons. The van der Waals surface area contributed by atoms with Crippen molar-refractivity contribution in [1.82, 2.24) is 4.98 Å². The summed E-state index contributed by atoms with van der Waals surface area (Å²) in [5.74, 6) is 1.52. The van der Waals surface area contributed by atoms with Crippen molar-refractivity contribution in [3.63, 3.8) is 0 Å². The molecule has 3 heteroatoms. The van der Waals surface area contributed by atoms with Crippen LogP contribution in [0, 0.1) is 0 Å². The van der Waals surface area contributed by atoms with E-state index in [-0.39, 0.29) is 0 Å². The van der Waals surface area contributed by atoms with E-state index in [0.29, 0.717) is 12.0 Å². The molecule has 2 aliphatic rings. The molecule has 2 aliphatic carbocycles. The maximum atomic E-state index is 5.75. The Morgan fingerprint density at radius 3 is 2.76 bits per heavy atom. The van der Waals surface area contributed by atoms with Crippen LogP contribution in [0.4, 0.5) is 5.69 Å². The van der Waals surface area contributed by atoms with Crippen molar-refractivity contribution in [2.45, 2.75) is 44.1 Å². The van der Waals surface area contributed by atoms with Gasteiger partial charge in [0.15, 0.2) is 11.5 Å². The van der Waals surface area contributed by atoms with Crippen LogP contribution in [0.3, 0.4) is 0 Å². The van der Waals surface area contributed by atoms with E-state index in [1.54, 1.807) is 0 Å². The van der Waals surface area contributed by atoms with Gasteiger partial charge in [0.2, 0.25) is 0 Å². The number of nitrogens with zero attached hydrogens (tertiary/aromatic N) is 1. The summed E-state index contributed by atoms with van der Waals surface area (Å²) in [5.41, 5.74) is 3.10. The van der Waals surface area contributed by atoms with Crippen LogP contribution in [0.2, 0.25) is 0 Å². The first-order chi connectivity index (χ1) is 8.38. The minimum atomic E-state index is 0.588. The number of benzene rings is 1. The minimum Gasteiger partial charge on any atom is -0.440 e. The van der Waals surface area contributed by atoms with Crippen LogP contribution in [-0.4, -0.2) is 11.0 Å². The van der Waals surface area contributed by atoms with Crippen molar-refractivity contribution < 1.29 is 4.42 Å². The summed E-state index contributed by atoms with van der Waals surface area (Å²) in [6, 6.07) is 6.92. The van der Waals surface area contributed by atoms with Crippen molar-refractivity contribution in [2.24, 2.45) is 0 Å². The number of hydrogen-bond donors (Lipinski definition) is 1. The maximum Gasteiger partial charge on any atom is 0.198 e. The van der Waals surface area contributed by atoms with Crippen LogP contribution in [0.5, 0.6) is 0 Å². The Hall–Kier alpha value is -1.51. The van der Waals surface area contributed by atoms with Crippen molar-refractivity contribution in [3.8, 4) is 0 Å². The van der Waals surface area contributed by atoms with Gasteiger partial charge in [-0.05, 0) is 50.3 Å². The third kappa shape index (κ3) is 1.70. The van der Waals surface area contributed by atoms with Gasteiger partial charge >= 0.3 is 0 Å². The highest BCUT2D eigenvalue weighted by molar-refractivity contribution is 5.77. The van der Waals surface area contributed by atoms with E-state index in [1.807, 2.05) is 6.07 Å². The van der Waals surface area contributed by atoms with Gasteiger partial charge < -0.3 is 9.73 Å². The van der Waals surface area contributed by atoms with E-state index in [2.05, 4.69) is 22.4 Å². The largest absolute Gasteiger partial charge is 0.440 e. The summed E-state index contributed by atoms with van der Waals surface area (Å²) in [5, 5.41) is 3.54. The lowest BCUT2D eigenvalue weighted by Gasteiger charge is -2.27. The highest BCUT2D eigenvalue weighted by atomic mass is 16.3. The van der Waals surface area contributed by atoms with E-state index in [9.17, 15) is 0 Å². The molecule has 1 aromatic heterocycles. The first-order valence-electron chi connectivity index (χ1n) is 6.55. The van der Waals surface area contributed by atoms with Gasteiger partial charge in [-0.15, -0.1) is 0 Å². The molecule has 4 rings (SSSR count). The summed E-state index contributed by atoms with van der Waals surface area (Å²) in [7, 11) is 0. The molecule has 0 aliphatic heterocycles. The zero-order chi connectivity index (χ0) is 11.2. The van der Waals surface area contributed by atoms with E-state index in [4.69, 9.17) is 4.42 Å². The zero-order valence-corrected chi connectivity index (χ0v) is 9.78. The smallest absolute Gasteiger partial charge is 0.198 e. The standard InChI is InChI=1S/C14H16N2O/c1-2-10(3-1)15-11-6-7-13-12(8-11)16-14(17-13)9-4-5-9/h6-10,15H,1-5H2. The fourth-order valence-corrected chi connectivity index (χ4v) is 2.33. The summed E-state index contributed by atoms with van der Waals surface area (Å²) in [4.78, 5) is 4.58. The lowest BCUT2D eigenvalue weighted by atomic mass is 9.93. The third-order valence-corrected chi connectivity index (χ3v) is 3.81. The van der Waals surface area contributed by atoms with Crippen LogP contribution in [0.1, 0.15) is 43.9 Å². The van der Waals surface area contributed by atoms with Gasteiger partial charge in [0.05, 0.1) is 0 Å². The highest BCUT2D eigenvalue weighted by Gasteiger charge is 2.28. The van der Waals surface area contributed by atoms with Gasteiger partial charge in [0.1, 0.15) is 5.52 Å². The Bertz CT molecular complexity index is 552. The normalized spacial score (nSPS) is 20.5. The Kier molecular flexibility index (Phi) is 1.95. The predicted molar refractivity (Wildman–Crippen MR) is 67.2 cm³/mol. The molecule has 0 amide bonds. The maximum absolute atomic E-state index is 5.75. The lowest BCUT2D eigenvalue weighted by Crippen LogP contribution is -2.26. The molecule has 3 nitrogen and oxygen atoms in total. The molecule has 1 aromatic carbocycles. The quantitative estimate of drug-likeness (QED) is 0.871. The molecule has 1 N–H and O–H groups in total. The first kappa shape index (κ1) is 9.51. The average Bonchev–Trinajstić information content (AvgIpc) is 3.04. The molecule has 0 atom stereocenters. The Morgan fingerprint density at radius 2 is 2.06 bits per heavy atom. The Balaban J connectivity index is 1.65. The highest BCUT2D eigenvalue weighted by Crippen LogP contribution is 2.40. The summed E-state index contributed by atoms with van der Waals surface area (Å²) >= 11 is 0. The molecule has 1 heterocycles. The number of aromatic nitrogens is 1. The fourth-order valence-electron chi connectivity index (χ4n) is 2.33. The van der Waals surface area contributed by atoms with Crippen LogP contribution in [-0.2, 0) is 0 Å². The molecule has 2 saturated carbocycles. The molecule has 2 aromatic rings. The number of anilines is 1. The van der Waals surface area contributed by atoms with Crippen LogP contribution < -0.4 is 5.32 Å². The first-order valence-corrected chi connectivity index (χ1v) is 6.55. The van der Waals surface area contributed by atoms with Gasteiger partial charge in [0.25, 0.3) is 0 Å². The number of fused-ring (bicyclic) bond motifs is 1. The van der Waals surface area contributed by atoms with Crippen molar-refractivity contribution in [2.75, 3.05) is 5.32 Å². The van der Waals surface area contributed by atoms with E-state index in [1.165, 1.54) is 37.8 Å². The van der Waals surface area contributed by atoms with Gasteiger partial charge in [-0.3, -0.25) is 0 Å². The van der Waals surface area contributed by atoms with Crippen LogP contribution >= 0.6 is 0 Å². The molecule has 0 unspecified atom stereocenters. The topological polar surface area (TPSA) is 38.1 Å². The van der Waals surface area contributed by atoms with Crippen LogP contribution in [0.25, 0.3) is 11.1 Å². The summed E-state index contributed by atoms with van der Waals surface area (Å²) in [6.07, 6.45) is 6.42. The number of hydrogen-bond acceptors (Lipinski definition) is 3. The number of oxazole rings is 1. The van der Waals surface area contributed by atoms with Gasteiger partial charge in [0, 0.05) is 17.6 Å². The van der Waals surface area contributed by atoms with Gasteiger partial charge in [-0.25, -0.2) is 4.98 Å². The average molecular weight is 228 g/mol. The SMILES string of the molecule is c1cc2oc(C3CC3)nc2cc1NC1CCC1. The summed E-state index contributed by atoms with van der Waals surface area (Å²) in [6.45, 7) is 0. The number of rotatable bonds is 3. The zero-order valence-electron chi connectivity index (χ0n) is 9.78. The van der Waals surface area contributed by atoms with Gasteiger partial charge in [-0.2, -0.15) is 0 Å². The minimum absolute atomic E-state index is 0.588. The molecule has 0 spiro atoms. The molecule has 0 bridgehead atoms. The molecule has 0 saturated heterocycles.